The van der Waals surface area contributed by atoms with E-state index in [2.05, 4.69) is 0 Å². The predicted octanol–water partition coefficient (Wildman–Crippen LogP) is 6.34. The second kappa shape index (κ2) is 10.6. The number of halogens is 1. The Hall–Kier alpha value is -0.540. The zero-order chi connectivity index (χ0) is 16.7. The van der Waals surface area contributed by atoms with Crippen LogP contribution in [0.25, 0.3) is 0 Å². The molecular weight excluding hydrogens is 359 g/mol. The third-order valence-electron chi connectivity index (χ3n) is 4.86. The predicted molar refractivity (Wildman–Crippen MR) is 103 cm³/mol. The molecule has 2 saturated carbocycles. The molecule has 0 unspecified atom stereocenters. The minimum Gasteiger partial charge on any atom is -0.481 e. The van der Waals surface area contributed by atoms with Gasteiger partial charge in [-0.25, -0.2) is 0 Å². The van der Waals surface area contributed by atoms with Crippen molar-refractivity contribution in [2.45, 2.75) is 76.4 Å². The Morgan fingerprint density at radius 3 is 1.76 bits per heavy atom. The van der Waals surface area contributed by atoms with Gasteiger partial charge in [-0.15, -0.1) is 12.4 Å². The van der Waals surface area contributed by atoms with E-state index < -0.39 is 7.60 Å². The molecule has 0 aromatic heterocycles. The lowest BCUT2D eigenvalue weighted by molar-refractivity contribution is 0.0711. The van der Waals surface area contributed by atoms with Crippen LogP contribution in [-0.4, -0.2) is 18.6 Å². The molecule has 0 spiro atoms. The number of ether oxygens (including phenoxy) is 1. The highest BCUT2D eigenvalue weighted by molar-refractivity contribution is 7.53. The summed E-state index contributed by atoms with van der Waals surface area (Å²) in [6.07, 6.45) is 11.1. The fraction of sp³-hybridized carbons (Fsp3) is 0.684. The van der Waals surface area contributed by atoms with Crippen molar-refractivity contribution in [3.05, 3.63) is 30.3 Å². The van der Waals surface area contributed by atoms with Crippen LogP contribution >= 0.6 is 20.0 Å². The van der Waals surface area contributed by atoms with Gasteiger partial charge in [0.15, 0.2) is 6.35 Å². The van der Waals surface area contributed by atoms with Gasteiger partial charge in [-0.05, 0) is 37.8 Å². The number of rotatable bonds is 7. The number of hydrogen-bond acceptors (Lipinski definition) is 4. The minimum atomic E-state index is -3.24. The Kier molecular flexibility index (Phi) is 8.78. The first kappa shape index (κ1) is 20.8. The van der Waals surface area contributed by atoms with Crippen LogP contribution in [0.1, 0.15) is 64.2 Å². The van der Waals surface area contributed by atoms with Gasteiger partial charge in [0.25, 0.3) is 0 Å². The van der Waals surface area contributed by atoms with E-state index in [9.17, 15) is 4.57 Å². The maximum absolute atomic E-state index is 13.4. The number of hydrogen-bond donors (Lipinski definition) is 0. The molecular formula is C19H30ClO4P. The summed E-state index contributed by atoms with van der Waals surface area (Å²) in [5.74, 6) is 0.706. The lowest BCUT2D eigenvalue weighted by atomic mass is 9.98. The Morgan fingerprint density at radius 2 is 1.28 bits per heavy atom. The van der Waals surface area contributed by atoms with Crippen LogP contribution in [0.2, 0.25) is 0 Å². The molecule has 0 heterocycles. The molecule has 0 saturated heterocycles. The van der Waals surface area contributed by atoms with Crippen molar-refractivity contribution < 1.29 is 18.3 Å². The molecule has 2 aliphatic carbocycles. The van der Waals surface area contributed by atoms with Crippen molar-refractivity contribution in [2.75, 3.05) is 6.35 Å². The van der Waals surface area contributed by atoms with Crippen molar-refractivity contribution in [1.82, 2.24) is 0 Å². The monoisotopic (exact) mass is 388 g/mol. The Labute approximate surface area is 157 Å². The third-order valence-corrected chi connectivity index (χ3v) is 6.54. The fourth-order valence-electron chi connectivity index (χ4n) is 3.55. The normalized spacial score (nSPS) is 20.0. The summed E-state index contributed by atoms with van der Waals surface area (Å²) in [7, 11) is -3.24. The maximum atomic E-state index is 13.4. The van der Waals surface area contributed by atoms with Gasteiger partial charge in [0.05, 0.1) is 12.2 Å². The van der Waals surface area contributed by atoms with Gasteiger partial charge in [0.2, 0.25) is 0 Å². The Bertz CT molecular complexity index is 503. The zero-order valence-corrected chi connectivity index (χ0v) is 16.5. The zero-order valence-electron chi connectivity index (χ0n) is 14.8. The van der Waals surface area contributed by atoms with Gasteiger partial charge in [-0.3, -0.25) is 4.57 Å². The van der Waals surface area contributed by atoms with Crippen molar-refractivity contribution in [2.24, 2.45) is 0 Å². The average Bonchev–Trinajstić information content (AvgIpc) is 2.63. The van der Waals surface area contributed by atoms with E-state index in [1.807, 2.05) is 30.3 Å². The molecule has 0 atom stereocenters. The standard InChI is InChI=1S/C19H29O4P.ClH/c20-24(22-18-12-6-2-7-13-18,23-19-14-8-3-9-15-19)16-21-17-10-4-1-5-11-17;/h1,4-5,10-11,18-19H,2-3,6-9,12-16H2;1H. The van der Waals surface area contributed by atoms with Gasteiger partial charge < -0.3 is 13.8 Å². The number of para-hydroxylation sites is 1. The van der Waals surface area contributed by atoms with Gasteiger partial charge in [0, 0.05) is 0 Å². The van der Waals surface area contributed by atoms with E-state index in [4.69, 9.17) is 13.8 Å². The van der Waals surface area contributed by atoms with E-state index in [0.29, 0.717) is 5.75 Å². The van der Waals surface area contributed by atoms with E-state index in [1.165, 1.54) is 12.8 Å². The molecule has 0 N–H and O–H groups in total. The van der Waals surface area contributed by atoms with Crippen LogP contribution in [0, 0.1) is 0 Å². The summed E-state index contributed by atoms with van der Waals surface area (Å²) in [5, 5.41) is 0. The number of benzene rings is 1. The third kappa shape index (κ3) is 6.94. The largest absolute Gasteiger partial charge is 0.481 e. The van der Waals surface area contributed by atoms with Gasteiger partial charge in [-0.2, -0.15) is 0 Å². The van der Waals surface area contributed by atoms with Crippen molar-refractivity contribution in [3.8, 4) is 5.75 Å². The molecule has 25 heavy (non-hydrogen) atoms. The first-order valence-electron chi connectivity index (χ1n) is 9.37. The smallest absolute Gasteiger partial charge is 0.368 e. The molecule has 2 aliphatic rings. The second-order valence-corrected chi connectivity index (χ2v) is 8.83. The quantitative estimate of drug-likeness (QED) is 0.511. The summed E-state index contributed by atoms with van der Waals surface area (Å²) in [6, 6.07) is 9.48. The lowest BCUT2D eigenvalue weighted by Gasteiger charge is -2.31. The molecule has 0 aliphatic heterocycles. The van der Waals surface area contributed by atoms with Crippen LogP contribution in [0.5, 0.6) is 5.75 Å². The summed E-state index contributed by atoms with van der Waals surface area (Å²) < 4.78 is 31.1. The molecule has 3 rings (SSSR count). The molecule has 2 fully saturated rings. The topological polar surface area (TPSA) is 44.8 Å². The van der Waals surface area contributed by atoms with Crippen LogP contribution in [0.15, 0.2) is 30.3 Å². The summed E-state index contributed by atoms with van der Waals surface area (Å²) in [5.41, 5.74) is 0. The Morgan fingerprint density at radius 1 is 0.800 bits per heavy atom. The highest BCUT2D eigenvalue weighted by Gasteiger charge is 2.34. The fourth-order valence-corrected chi connectivity index (χ4v) is 5.36. The molecule has 6 heteroatoms. The van der Waals surface area contributed by atoms with Crippen LogP contribution in [-0.2, 0) is 13.6 Å². The molecule has 142 valence electrons. The van der Waals surface area contributed by atoms with Crippen LogP contribution in [0.4, 0.5) is 0 Å². The SMILES string of the molecule is Cl.O=P(COc1ccccc1)(OC1CCCCC1)OC1CCCCC1. The molecule has 0 bridgehead atoms. The van der Waals surface area contributed by atoms with E-state index in [0.717, 1.165) is 51.4 Å². The minimum absolute atomic E-state index is 0. The van der Waals surface area contributed by atoms with Gasteiger partial charge in [0.1, 0.15) is 5.75 Å². The molecule has 1 aromatic rings. The molecule has 0 amide bonds. The van der Waals surface area contributed by atoms with Crippen molar-refractivity contribution in [3.63, 3.8) is 0 Å². The molecule has 0 radical (unpaired) electrons. The van der Waals surface area contributed by atoms with E-state index in [-0.39, 0.29) is 31.0 Å². The highest BCUT2D eigenvalue weighted by Crippen LogP contribution is 2.53. The highest BCUT2D eigenvalue weighted by atomic mass is 35.5. The average molecular weight is 389 g/mol. The van der Waals surface area contributed by atoms with Crippen LogP contribution in [0.3, 0.4) is 0 Å². The first-order valence-corrected chi connectivity index (χ1v) is 11.1. The van der Waals surface area contributed by atoms with Crippen molar-refractivity contribution in [1.29, 1.82) is 0 Å². The van der Waals surface area contributed by atoms with Crippen LogP contribution < -0.4 is 4.74 Å². The summed E-state index contributed by atoms with van der Waals surface area (Å²) >= 11 is 0. The first-order chi connectivity index (χ1) is 11.7. The molecule has 1 aromatic carbocycles. The van der Waals surface area contributed by atoms with Gasteiger partial charge in [-0.1, -0.05) is 56.7 Å². The lowest BCUT2D eigenvalue weighted by Crippen LogP contribution is -2.22. The van der Waals surface area contributed by atoms with Gasteiger partial charge >= 0.3 is 7.60 Å². The van der Waals surface area contributed by atoms with E-state index >= 15 is 0 Å². The summed E-state index contributed by atoms with van der Waals surface area (Å²) in [4.78, 5) is 0. The second-order valence-electron chi connectivity index (χ2n) is 6.93. The molecule has 4 nitrogen and oxygen atoms in total. The van der Waals surface area contributed by atoms with Crippen molar-refractivity contribution >= 4 is 20.0 Å². The van der Waals surface area contributed by atoms with E-state index in [1.54, 1.807) is 0 Å². The summed E-state index contributed by atoms with van der Waals surface area (Å²) in [6.45, 7) is 0. The Balaban J connectivity index is 0.00000225. The maximum Gasteiger partial charge on any atom is 0.368 e.